The van der Waals surface area contributed by atoms with Gasteiger partial charge in [-0.2, -0.15) is 0 Å². The Morgan fingerprint density at radius 2 is 1.79 bits per heavy atom. The molecular formula is C27H28N4O3. The molecular weight excluding hydrogens is 428 g/mol. The molecule has 0 radical (unpaired) electrons. The van der Waals surface area contributed by atoms with Crippen molar-refractivity contribution in [2.24, 2.45) is 5.73 Å². The molecule has 2 amide bonds. The van der Waals surface area contributed by atoms with Gasteiger partial charge in [0.1, 0.15) is 5.75 Å². The van der Waals surface area contributed by atoms with E-state index in [-0.39, 0.29) is 18.4 Å². The number of carbonyl (C=O) groups is 2. The summed E-state index contributed by atoms with van der Waals surface area (Å²) in [7, 11) is 4.02. The summed E-state index contributed by atoms with van der Waals surface area (Å²) in [5.41, 5.74) is 9.97. The first-order valence-corrected chi connectivity index (χ1v) is 11.0. The molecule has 4 N–H and O–H groups in total. The maximum atomic E-state index is 13.0. The number of amides is 2. The number of hydrogen-bond acceptors (Lipinski definition) is 4. The topological polar surface area (TPSA) is 100 Å². The Bertz CT molecular complexity index is 1290. The smallest absolute Gasteiger partial charge is 0.255 e. The lowest BCUT2D eigenvalue weighted by Gasteiger charge is -2.20. The van der Waals surface area contributed by atoms with Crippen LogP contribution in [0.5, 0.6) is 5.75 Å². The van der Waals surface area contributed by atoms with Gasteiger partial charge in [-0.05, 0) is 47.5 Å². The highest BCUT2D eigenvalue weighted by Crippen LogP contribution is 2.31. The van der Waals surface area contributed by atoms with Gasteiger partial charge in [-0.1, -0.05) is 36.4 Å². The van der Waals surface area contributed by atoms with E-state index >= 15 is 0 Å². The van der Waals surface area contributed by atoms with Crippen LogP contribution in [-0.4, -0.2) is 44.0 Å². The molecule has 7 heteroatoms. The summed E-state index contributed by atoms with van der Waals surface area (Å²) < 4.78 is 5.33. The molecule has 0 saturated carbocycles. The molecule has 1 aromatic heterocycles. The van der Waals surface area contributed by atoms with E-state index in [9.17, 15) is 9.59 Å². The fourth-order valence-corrected chi connectivity index (χ4v) is 3.97. The molecule has 0 spiro atoms. The maximum Gasteiger partial charge on any atom is 0.255 e. The van der Waals surface area contributed by atoms with E-state index in [1.807, 2.05) is 38.5 Å². The zero-order valence-electron chi connectivity index (χ0n) is 19.2. The zero-order chi connectivity index (χ0) is 24.1. The highest BCUT2D eigenvalue weighted by molar-refractivity contribution is 5.94. The van der Waals surface area contributed by atoms with E-state index in [1.54, 1.807) is 24.3 Å². The van der Waals surface area contributed by atoms with Gasteiger partial charge >= 0.3 is 0 Å². The van der Waals surface area contributed by atoms with Gasteiger partial charge in [-0.3, -0.25) is 9.59 Å². The second kappa shape index (κ2) is 10.1. The molecule has 0 bridgehead atoms. The molecule has 34 heavy (non-hydrogen) atoms. The number of nitrogens with two attached hydrogens (primary N) is 1. The Balaban J connectivity index is 1.58. The predicted molar refractivity (Wildman–Crippen MR) is 134 cm³/mol. The number of ether oxygens (including phenoxy) is 1. The van der Waals surface area contributed by atoms with Gasteiger partial charge in [-0.15, -0.1) is 0 Å². The second-order valence-corrected chi connectivity index (χ2v) is 8.32. The standard InChI is InChI=1S/C27H28N4O3/c1-31(2)20-12-10-18(11-13-20)23(24-16-29-25-9-4-3-8-22(24)25)15-30-27(33)19-6-5-7-21(14-19)34-17-26(28)32/h3-14,16,23,29H,15,17H2,1-2H3,(H2,28,32)(H,30,33). The fourth-order valence-electron chi connectivity index (χ4n) is 3.97. The average Bonchev–Trinajstić information content (AvgIpc) is 3.27. The summed E-state index contributed by atoms with van der Waals surface area (Å²) in [5.74, 6) is -0.430. The van der Waals surface area contributed by atoms with Crippen molar-refractivity contribution in [1.82, 2.24) is 10.3 Å². The molecule has 0 aliphatic carbocycles. The molecule has 0 aliphatic heterocycles. The van der Waals surface area contributed by atoms with Crippen LogP contribution in [0.15, 0.2) is 79.0 Å². The predicted octanol–water partition coefficient (Wildman–Crippen LogP) is 3.66. The molecule has 4 aromatic rings. The second-order valence-electron chi connectivity index (χ2n) is 8.32. The summed E-state index contributed by atoms with van der Waals surface area (Å²) in [6.07, 6.45) is 2.01. The van der Waals surface area contributed by atoms with E-state index in [0.29, 0.717) is 17.9 Å². The number of aromatic amines is 1. The van der Waals surface area contributed by atoms with Crippen LogP contribution in [0.25, 0.3) is 10.9 Å². The van der Waals surface area contributed by atoms with Gasteiger partial charge < -0.3 is 25.7 Å². The van der Waals surface area contributed by atoms with Crippen LogP contribution in [0.2, 0.25) is 0 Å². The van der Waals surface area contributed by atoms with Crippen LogP contribution in [0.3, 0.4) is 0 Å². The van der Waals surface area contributed by atoms with Crippen molar-refractivity contribution in [3.05, 3.63) is 95.7 Å². The molecule has 1 unspecified atom stereocenters. The number of fused-ring (bicyclic) bond motifs is 1. The lowest BCUT2D eigenvalue weighted by molar-refractivity contribution is -0.119. The first-order valence-electron chi connectivity index (χ1n) is 11.0. The van der Waals surface area contributed by atoms with Crippen molar-refractivity contribution in [2.45, 2.75) is 5.92 Å². The molecule has 1 atom stereocenters. The zero-order valence-corrected chi connectivity index (χ0v) is 19.2. The van der Waals surface area contributed by atoms with E-state index < -0.39 is 5.91 Å². The van der Waals surface area contributed by atoms with Crippen LogP contribution >= 0.6 is 0 Å². The number of nitrogens with one attached hydrogen (secondary N) is 2. The number of para-hydroxylation sites is 1. The Labute approximate surface area is 198 Å². The van der Waals surface area contributed by atoms with Crippen molar-refractivity contribution in [1.29, 1.82) is 0 Å². The normalized spacial score (nSPS) is 11.7. The van der Waals surface area contributed by atoms with Crippen molar-refractivity contribution in [3.8, 4) is 5.75 Å². The Morgan fingerprint density at radius 1 is 1.03 bits per heavy atom. The average molecular weight is 457 g/mol. The van der Waals surface area contributed by atoms with Gasteiger partial charge in [0.2, 0.25) is 0 Å². The maximum absolute atomic E-state index is 13.0. The van der Waals surface area contributed by atoms with Gasteiger partial charge in [0, 0.05) is 54.9 Å². The lowest BCUT2D eigenvalue weighted by atomic mass is 9.90. The third-order valence-corrected chi connectivity index (χ3v) is 5.75. The van der Waals surface area contributed by atoms with Gasteiger partial charge in [0.05, 0.1) is 0 Å². The number of primary amides is 1. The van der Waals surface area contributed by atoms with Crippen LogP contribution in [0.1, 0.15) is 27.4 Å². The number of carbonyl (C=O) groups excluding carboxylic acids is 2. The quantitative estimate of drug-likeness (QED) is 0.358. The summed E-state index contributed by atoms with van der Waals surface area (Å²) in [5, 5.41) is 4.19. The fraction of sp³-hybridized carbons (Fsp3) is 0.185. The highest BCUT2D eigenvalue weighted by atomic mass is 16.5. The largest absolute Gasteiger partial charge is 0.484 e. The summed E-state index contributed by atoms with van der Waals surface area (Å²) >= 11 is 0. The third kappa shape index (κ3) is 5.20. The van der Waals surface area contributed by atoms with Crippen LogP contribution in [0.4, 0.5) is 5.69 Å². The molecule has 0 saturated heterocycles. The van der Waals surface area contributed by atoms with Crippen molar-refractivity contribution < 1.29 is 14.3 Å². The first kappa shape index (κ1) is 22.9. The Kier molecular flexibility index (Phi) is 6.82. The van der Waals surface area contributed by atoms with E-state index in [1.165, 1.54) is 0 Å². The first-order chi connectivity index (χ1) is 16.4. The number of anilines is 1. The van der Waals surface area contributed by atoms with Gasteiger partial charge in [0.25, 0.3) is 11.8 Å². The van der Waals surface area contributed by atoms with E-state index in [2.05, 4.69) is 45.5 Å². The number of nitrogens with zero attached hydrogens (tertiary/aromatic N) is 1. The van der Waals surface area contributed by atoms with E-state index in [4.69, 9.17) is 10.5 Å². The van der Waals surface area contributed by atoms with Gasteiger partial charge in [0.15, 0.2) is 6.61 Å². The Hall–Kier alpha value is -4.26. The SMILES string of the molecule is CN(C)c1ccc(C(CNC(=O)c2cccc(OCC(N)=O)c2)c2c[nH]c3ccccc23)cc1. The molecule has 174 valence electrons. The Morgan fingerprint density at radius 3 is 2.53 bits per heavy atom. The van der Waals surface area contributed by atoms with Crippen molar-refractivity contribution in [2.75, 3.05) is 32.1 Å². The summed E-state index contributed by atoms with van der Waals surface area (Å²) in [6.45, 7) is 0.172. The molecule has 4 rings (SSSR count). The highest BCUT2D eigenvalue weighted by Gasteiger charge is 2.20. The molecule has 3 aromatic carbocycles. The number of aromatic nitrogens is 1. The molecule has 0 aliphatic rings. The summed E-state index contributed by atoms with van der Waals surface area (Å²) in [6, 6.07) is 23.2. The third-order valence-electron chi connectivity index (χ3n) is 5.75. The van der Waals surface area contributed by atoms with Crippen LogP contribution < -0.4 is 20.7 Å². The molecule has 1 heterocycles. The minimum atomic E-state index is -0.572. The van der Waals surface area contributed by atoms with Crippen LogP contribution in [-0.2, 0) is 4.79 Å². The van der Waals surface area contributed by atoms with Crippen LogP contribution in [0, 0.1) is 0 Å². The number of hydrogen-bond donors (Lipinski definition) is 3. The minimum absolute atomic E-state index is 0.0504. The van der Waals surface area contributed by atoms with Gasteiger partial charge in [-0.25, -0.2) is 0 Å². The minimum Gasteiger partial charge on any atom is -0.484 e. The monoisotopic (exact) mass is 456 g/mol. The molecule has 7 nitrogen and oxygen atoms in total. The summed E-state index contributed by atoms with van der Waals surface area (Å²) in [4.78, 5) is 29.4. The number of rotatable bonds is 9. The van der Waals surface area contributed by atoms with E-state index in [0.717, 1.165) is 27.7 Å². The number of benzene rings is 3. The van der Waals surface area contributed by atoms with Crippen molar-refractivity contribution in [3.63, 3.8) is 0 Å². The lowest BCUT2D eigenvalue weighted by Crippen LogP contribution is -2.29. The molecule has 0 fully saturated rings. The number of H-pyrrole nitrogens is 1. The van der Waals surface area contributed by atoms with Crippen molar-refractivity contribution >= 4 is 28.4 Å².